The Hall–Kier alpha value is -3.33. The van der Waals surface area contributed by atoms with Crippen molar-refractivity contribution in [2.24, 2.45) is 17.3 Å². The molecule has 0 atom stereocenters. The van der Waals surface area contributed by atoms with Crippen LogP contribution in [0.25, 0.3) is 0 Å². The summed E-state index contributed by atoms with van der Waals surface area (Å²) in [6, 6.07) is 9.75. The van der Waals surface area contributed by atoms with Gasteiger partial charge in [-0.2, -0.15) is 10.2 Å². The number of halogens is 1. The van der Waals surface area contributed by atoms with Gasteiger partial charge in [0.05, 0.1) is 23.4 Å². The van der Waals surface area contributed by atoms with Crippen molar-refractivity contribution in [3.8, 4) is 0 Å². The zero-order valence-electron chi connectivity index (χ0n) is 13.9. The standard InChI is InChI=1S/C16H16N7O2.ClH/c1-21-8-6-12(7-9-21)11-22-16(17)15(10-18-22)20-19-13-2-4-14(5-3-13)23(24)25;/h2-10H,11,17H2,1H3;1H/q+1;/p-1/b20-19+;. The van der Waals surface area contributed by atoms with Gasteiger partial charge in [0, 0.05) is 24.3 Å². The molecule has 2 heterocycles. The average Bonchev–Trinajstić information content (AvgIpc) is 2.95. The van der Waals surface area contributed by atoms with Gasteiger partial charge in [0.2, 0.25) is 0 Å². The van der Waals surface area contributed by atoms with Gasteiger partial charge in [0.15, 0.2) is 12.4 Å². The zero-order chi connectivity index (χ0) is 17.8. The minimum atomic E-state index is -0.466. The lowest BCUT2D eigenvalue weighted by Crippen LogP contribution is -3.00. The van der Waals surface area contributed by atoms with E-state index in [2.05, 4.69) is 15.3 Å². The summed E-state index contributed by atoms with van der Waals surface area (Å²) in [6.45, 7) is 0.528. The van der Waals surface area contributed by atoms with Crippen LogP contribution in [0.1, 0.15) is 5.56 Å². The second kappa shape index (κ2) is 8.17. The first kappa shape index (κ1) is 19.0. The normalized spacial score (nSPS) is 10.7. The minimum absolute atomic E-state index is 0. The molecule has 0 spiro atoms. The Kier molecular flexibility index (Phi) is 5.97. The molecule has 0 aliphatic carbocycles. The summed E-state index contributed by atoms with van der Waals surface area (Å²) in [6.07, 6.45) is 5.43. The van der Waals surface area contributed by atoms with Gasteiger partial charge >= 0.3 is 0 Å². The highest BCUT2D eigenvalue weighted by Gasteiger charge is 2.08. The Balaban J connectivity index is 0.00000243. The molecule has 0 fully saturated rings. The van der Waals surface area contributed by atoms with E-state index in [9.17, 15) is 10.1 Å². The first-order chi connectivity index (χ1) is 12.0. The highest BCUT2D eigenvalue weighted by Crippen LogP contribution is 2.25. The van der Waals surface area contributed by atoms with E-state index >= 15 is 0 Å². The number of aromatic nitrogens is 3. The van der Waals surface area contributed by atoms with Crippen LogP contribution in [0.4, 0.5) is 22.9 Å². The number of pyridine rings is 1. The van der Waals surface area contributed by atoms with Gasteiger partial charge in [-0.05, 0) is 17.7 Å². The van der Waals surface area contributed by atoms with Crippen LogP contribution >= 0.6 is 0 Å². The van der Waals surface area contributed by atoms with Gasteiger partial charge in [-0.15, -0.1) is 5.11 Å². The lowest BCUT2D eigenvalue weighted by atomic mass is 10.3. The molecule has 0 unspecified atom stereocenters. The molecule has 3 rings (SSSR count). The summed E-state index contributed by atoms with van der Waals surface area (Å²) in [5.41, 5.74) is 8.06. The first-order valence-electron chi connectivity index (χ1n) is 7.44. The van der Waals surface area contributed by atoms with Crippen LogP contribution in [-0.4, -0.2) is 14.7 Å². The molecule has 9 nitrogen and oxygen atoms in total. The number of rotatable bonds is 5. The quantitative estimate of drug-likeness (QED) is 0.285. The van der Waals surface area contributed by atoms with Gasteiger partial charge in [-0.3, -0.25) is 10.1 Å². The van der Waals surface area contributed by atoms with Crippen molar-refractivity contribution in [3.63, 3.8) is 0 Å². The van der Waals surface area contributed by atoms with Crippen molar-refractivity contribution >= 4 is 22.9 Å². The first-order valence-corrected chi connectivity index (χ1v) is 7.44. The van der Waals surface area contributed by atoms with Crippen LogP contribution in [0.2, 0.25) is 0 Å². The lowest BCUT2D eigenvalue weighted by molar-refractivity contribution is -0.671. The third-order valence-electron chi connectivity index (χ3n) is 3.57. The van der Waals surface area contributed by atoms with Gasteiger partial charge in [0.25, 0.3) is 5.69 Å². The van der Waals surface area contributed by atoms with Gasteiger partial charge in [-0.25, -0.2) is 9.25 Å². The fraction of sp³-hybridized carbons (Fsp3) is 0.125. The summed E-state index contributed by atoms with van der Waals surface area (Å²) < 4.78 is 3.58. The monoisotopic (exact) mass is 373 g/mol. The van der Waals surface area contributed by atoms with E-state index in [1.54, 1.807) is 4.68 Å². The van der Waals surface area contributed by atoms with Crippen molar-refractivity contribution in [1.29, 1.82) is 0 Å². The molecule has 1 aromatic carbocycles. The van der Waals surface area contributed by atoms with Crippen LogP contribution in [0.3, 0.4) is 0 Å². The predicted molar refractivity (Wildman–Crippen MR) is 90.6 cm³/mol. The van der Waals surface area contributed by atoms with Crippen molar-refractivity contribution in [1.82, 2.24) is 9.78 Å². The van der Waals surface area contributed by atoms with Gasteiger partial charge < -0.3 is 18.1 Å². The maximum absolute atomic E-state index is 10.6. The molecule has 0 saturated heterocycles. The Morgan fingerprint density at radius 1 is 1.19 bits per heavy atom. The van der Waals surface area contributed by atoms with Crippen molar-refractivity contribution in [2.75, 3.05) is 5.73 Å². The predicted octanol–water partition coefficient (Wildman–Crippen LogP) is -0.334. The second-order valence-corrected chi connectivity index (χ2v) is 5.42. The van der Waals surface area contributed by atoms with Crippen LogP contribution in [0, 0.1) is 10.1 Å². The van der Waals surface area contributed by atoms with E-state index in [0.29, 0.717) is 23.7 Å². The Bertz CT molecular complexity index is 921. The van der Waals surface area contributed by atoms with Crippen LogP contribution < -0.4 is 22.7 Å². The number of nitrogens with zero attached hydrogens (tertiary/aromatic N) is 6. The molecular formula is C16H16ClN7O2. The zero-order valence-corrected chi connectivity index (χ0v) is 14.6. The number of anilines is 1. The van der Waals surface area contributed by atoms with E-state index in [1.165, 1.54) is 30.5 Å². The minimum Gasteiger partial charge on any atom is -1.00 e. The lowest BCUT2D eigenvalue weighted by Gasteiger charge is -2.03. The maximum atomic E-state index is 10.6. The fourth-order valence-corrected chi connectivity index (χ4v) is 2.15. The molecule has 10 heteroatoms. The highest BCUT2D eigenvalue weighted by molar-refractivity contribution is 5.56. The number of hydrogen-bond acceptors (Lipinski definition) is 6. The molecule has 0 saturated carbocycles. The number of nitro benzene ring substituents is 1. The molecule has 3 aromatic rings. The topological polar surface area (TPSA) is 116 Å². The molecular weight excluding hydrogens is 358 g/mol. The van der Waals surface area contributed by atoms with Crippen molar-refractivity contribution in [3.05, 3.63) is 70.7 Å². The van der Waals surface area contributed by atoms with Crippen LogP contribution in [-0.2, 0) is 13.6 Å². The molecule has 0 bridgehead atoms. The number of benzene rings is 1. The highest BCUT2D eigenvalue weighted by atomic mass is 35.5. The molecule has 2 N–H and O–H groups in total. The summed E-state index contributed by atoms with van der Waals surface area (Å²) in [4.78, 5) is 10.2. The van der Waals surface area contributed by atoms with Crippen molar-refractivity contribution in [2.45, 2.75) is 6.54 Å². The number of nitrogen functional groups attached to an aromatic ring is 1. The number of non-ortho nitro benzene ring substituents is 1. The third kappa shape index (κ3) is 4.39. The summed E-state index contributed by atoms with van der Waals surface area (Å²) in [7, 11) is 1.95. The Labute approximate surface area is 155 Å². The largest absolute Gasteiger partial charge is 1.00 e. The summed E-state index contributed by atoms with van der Waals surface area (Å²) in [5, 5.41) is 23.0. The second-order valence-electron chi connectivity index (χ2n) is 5.42. The number of azo groups is 1. The molecule has 2 aromatic heterocycles. The van der Waals surface area contributed by atoms with E-state index < -0.39 is 4.92 Å². The van der Waals surface area contributed by atoms with E-state index in [4.69, 9.17) is 5.73 Å². The van der Waals surface area contributed by atoms with Crippen molar-refractivity contribution < 1.29 is 21.9 Å². The van der Waals surface area contributed by atoms with E-state index in [0.717, 1.165) is 5.56 Å². The Morgan fingerprint density at radius 3 is 2.46 bits per heavy atom. The number of hydrogen-bond donors (Lipinski definition) is 1. The van der Waals surface area contributed by atoms with E-state index in [1.807, 2.05) is 36.1 Å². The van der Waals surface area contributed by atoms with Crippen LogP contribution in [0.5, 0.6) is 0 Å². The maximum Gasteiger partial charge on any atom is 0.269 e. The fourth-order valence-electron chi connectivity index (χ4n) is 2.15. The number of nitro groups is 1. The molecule has 0 radical (unpaired) electrons. The molecule has 0 aliphatic rings. The summed E-state index contributed by atoms with van der Waals surface area (Å²) in [5.74, 6) is 0.402. The smallest absolute Gasteiger partial charge is 0.269 e. The van der Waals surface area contributed by atoms with Crippen LogP contribution in [0.15, 0.2) is 65.2 Å². The SMILES string of the molecule is C[n+]1ccc(Cn2ncc(/N=N/c3ccc([N+](=O)[O-])cc3)c2N)cc1.[Cl-]. The summed E-state index contributed by atoms with van der Waals surface area (Å²) >= 11 is 0. The number of aryl methyl sites for hydroxylation is 1. The number of nitrogens with two attached hydrogens (primary N) is 1. The molecule has 26 heavy (non-hydrogen) atoms. The average molecular weight is 374 g/mol. The molecule has 134 valence electrons. The van der Waals surface area contributed by atoms with Gasteiger partial charge in [-0.1, -0.05) is 0 Å². The van der Waals surface area contributed by atoms with E-state index in [-0.39, 0.29) is 18.1 Å². The molecule has 0 aliphatic heterocycles. The molecule has 0 amide bonds. The third-order valence-corrected chi connectivity index (χ3v) is 3.57. The Morgan fingerprint density at radius 2 is 1.85 bits per heavy atom. The van der Waals surface area contributed by atoms with Gasteiger partial charge in [0.1, 0.15) is 18.6 Å².